The maximum atomic E-state index is 6.43. The molecule has 41 heavy (non-hydrogen) atoms. The average Bonchev–Trinajstić information content (AvgIpc) is 3.41. The Hall–Kier alpha value is -3.97. The smallest absolute Gasteiger partial charge is 0.118 e. The lowest BCUT2D eigenvalue weighted by molar-refractivity contribution is 0.685. The topological polar surface area (TPSA) is 17.8 Å². The van der Waals surface area contributed by atoms with E-state index in [2.05, 4.69) is 152 Å². The summed E-state index contributed by atoms with van der Waals surface area (Å²) in [6.45, 7) is 4.88. The number of hydrogen-bond acceptors (Lipinski definition) is 1. The molecule has 202 valence electrons. The van der Waals surface area contributed by atoms with Crippen molar-refractivity contribution in [2.45, 2.75) is 26.6 Å². The van der Waals surface area contributed by atoms with Crippen molar-refractivity contribution in [2.75, 3.05) is 0 Å². The Morgan fingerprint density at radius 2 is 1.17 bits per heavy atom. The van der Waals surface area contributed by atoms with E-state index in [4.69, 9.17) is 16.7 Å². The molecule has 0 saturated carbocycles. The number of aryl methyl sites for hydroxylation is 2. The second-order valence-corrected chi connectivity index (χ2v) is 14.5. The lowest BCUT2D eigenvalue weighted by Gasteiger charge is -2.27. The van der Waals surface area contributed by atoms with Gasteiger partial charge in [0.1, 0.15) is 35.0 Å². The van der Waals surface area contributed by atoms with Crippen molar-refractivity contribution in [3.05, 3.63) is 167 Å². The van der Waals surface area contributed by atoms with Crippen molar-refractivity contribution in [3.8, 4) is 11.3 Å². The van der Waals surface area contributed by atoms with Crippen LogP contribution in [0.5, 0.6) is 0 Å². The number of rotatable bonds is 8. The van der Waals surface area contributed by atoms with Crippen LogP contribution in [0.25, 0.3) is 11.3 Å². The molecule has 6 rings (SSSR count). The van der Waals surface area contributed by atoms with E-state index in [0.717, 1.165) is 33.7 Å². The van der Waals surface area contributed by atoms with E-state index < -0.39 is 7.26 Å². The molecule has 0 spiro atoms. The average molecular weight is 572 g/mol. The third-order valence-corrected chi connectivity index (χ3v) is 12.5. The van der Waals surface area contributed by atoms with Crippen LogP contribution in [0.15, 0.2) is 140 Å². The molecule has 2 nitrogen and oxygen atoms in total. The first-order valence-corrected chi connectivity index (χ1v) is 16.3. The summed E-state index contributed by atoms with van der Waals surface area (Å²) in [5.41, 5.74) is 6.87. The summed E-state index contributed by atoms with van der Waals surface area (Å²) < 4.78 is 2.17. The summed E-state index contributed by atoms with van der Waals surface area (Å²) in [7, 11) is -2.08. The Kier molecular flexibility index (Phi) is 7.88. The summed E-state index contributed by atoms with van der Waals surface area (Å²) in [4.78, 5) is 0. The van der Waals surface area contributed by atoms with Crippen LogP contribution in [0.4, 0.5) is 0 Å². The molecule has 0 N–H and O–H groups in total. The van der Waals surface area contributed by atoms with Gasteiger partial charge in [-0.2, -0.15) is 5.10 Å². The van der Waals surface area contributed by atoms with Crippen LogP contribution in [0.1, 0.15) is 22.4 Å². The SMILES string of the molecule is Cc1ccc(Cn2nc(C[P+](c3ccccc3)(c3ccccc3)c3ccccc3)cc2-c2ccc(Cl)c(C)c2)cc1. The first-order chi connectivity index (χ1) is 20.0. The predicted octanol–water partition coefficient (Wildman–Crippen LogP) is 8.36. The molecule has 0 aliphatic rings. The fourth-order valence-electron chi connectivity index (χ4n) is 5.58. The van der Waals surface area contributed by atoms with Crippen LogP contribution >= 0.6 is 18.9 Å². The molecular weight excluding hydrogens is 539 g/mol. The third-order valence-electron chi connectivity index (χ3n) is 7.73. The predicted molar refractivity (Wildman–Crippen MR) is 177 cm³/mol. The summed E-state index contributed by atoms with van der Waals surface area (Å²) in [6, 6.07) is 50.3. The highest BCUT2D eigenvalue weighted by atomic mass is 35.5. The molecule has 5 aromatic carbocycles. The quantitative estimate of drug-likeness (QED) is 0.168. The second-order valence-electron chi connectivity index (χ2n) is 10.6. The summed E-state index contributed by atoms with van der Waals surface area (Å²) in [5, 5.41) is 10.2. The Balaban J connectivity index is 1.54. The zero-order valence-corrected chi connectivity index (χ0v) is 25.1. The van der Waals surface area contributed by atoms with Gasteiger partial charge in [-0.1, -0.05) is 102 Å². The molecule has 0 aliphatic carbocycles. The van der Waals surface area contributed by atoms with Gasteiger partial charge in [-0.15, -0.1) is 0 Å². The van der Waals surface area contributed by atoms with Crippen molar-refractivity contribution >= 4 is 34.8 Å². The fraction of sp³-hybridized carbons (Fsp3) is 0.108. The van der Waals surface area contributed by atoms with Crippen molar-refractivity contribution in [2.24, 2.45) is 0 Å². The first kappa shape index (κ1) is 27.2. The second kappa shape index (κ2) is 11.9. The lowest BCUT2D eigenvalue weighted by Crippen LogP contribution is -2.32. The molecule has 0 saturated heterocycles. The summed E-state index contributed by atoms with van der Waals surface area (Å²) >= 11 is 6.43. The lowest BCUT2D eigenvalue weighted by atomic mass is 10.1. The van der Waals surface area contributed by atoms with Crippen LogP contribution in [0, 0.1) is 13.8 Å². The molecule has 0 bridgehead atoms. The standard InChI is InChI=1S/C37H33ClN2P/c1-28-18-20-30(21-19-28)26-40-37(31-22-23-36(38)29(2)24-31)25-32(39-40)27-41(33-12-6-3-7-13-33,34-14-8-4-9-15-34)35-16-10-5-11-17-35/h3-25H,26-27H2,1-2H3/q+1. The monoisotopic (exact) mass is 571 g/mol. The maximum Gasteiger partial charge on any atom is 0.118 e. The largest absolute Gasteiger partial charge is 0.260 e. The Morgan fingerprint density at radius 3 is 1.68 bits per heavy atom. The highest BCUT2D eigenvalue weighted by Crippen LogP contribution is 2.58. The van der Waals surface area contributed by atoms with Gasteiger partial charge in [0, 0.05) is 10.6 Å². The molecule has 0 fully saturated rings. The Bertz CT molecular complexity index is 1650. The minimum atomic E-state index is -2.08. The normalized spacial score (nSPS) is 11.5. The van der Waals surface area contributed by atoms with Crippen molar-refractivity contribution in [1.29, 1.82) is 0 Å². The molecule has 1 heterocycles. The Labute approximate surface area is 248 Å². The first-order valence-electron chi connectivity index (χ1n) is 14.0. The van der Waals surface area contributed by atoms with Gasteiger partial charge in [-0.3, -0.25) is 4.68 Å². The maximum absolute atomic E-state index is 6.43. The number of hydrogen-bond donors (Lipinski definition) is 0. The minimum Gasteiger partial charge on any atom is -0.260 e. The van der Waals surface area contributed by atoms with Gasteiger partial charge in [0.15, 0.2) is 0 Å². The fourth-order valence-corrected chi connectivity index (χ4v) is 9.83. The zero-order valence-electron chi connectivity index (χ0n) is 23.4. The van der Waals surface area contributed by atoms with Gasteiger partial charge in [-0.05, 0) is 79.6 Å². The highest BCUT2D eigenvalue weighted by Gasteiger charge is 2.46. The van der Waals surface area contributed by atoms with E-state index in [9.17, 15) is 0 Å². The third kappa shape index (κ3) is 5.64. The molecule has 0 aliphatic heterocycles. The van der Waals surface area contributed by atoms with Gasteiger partial charge in [0.2, 0.25) is 0 Å². The molecule has 6 aromatic rings. The molecule has 0 radical (unpaired) electrons. The summed E-state index contributed by atoms with van der Waals surface area (Å²) in [5.74, 6) is 0. The molecule has 1 aromatic heterocycles. The van der Waals surface area contributed by atoms with E-state index >= 15 is 0 Å². The van der Waals surface area contributed by atoms with E-state index in [-0.39, 0.29) is 0 Å². The van der Waals surface area contributed by atoms with Crippen LogP contribution < -0.4 is 15.9 Å². The van der Waals surface area contributed by atoms with Gasteiger partial charge < -0.3 is 0 Å². The highest BCUT2D eigenvalue weighted by molar-refractivity contribution is 7.95. The molecule has 0 amide bonds. The van der Waals surface area contributed by atoms with E-state index in [1.54, 1.807) is 0 Å². The van der Waals surface area contributed by atoms with E-state index in [1.165, 1.54) is 27.0 Å². The van der Waals surface area contributed by atoms with Gasteiger partial charge in [0.25, 0.3) is 0 Å². The van der Waals surface area contributed by atoms with Crippen LogP contribution in [0.3, 0.4) is 0 Å². The Morgan fingerprint density at radius 1 is 0.634 bits per heavy atom. The molecular formula is C37H33ClN2P+. The molecule has 4 heteroatoms. The van der Waals surface area contributed by atoms with Crippen molar-refractivity contribution < 1.29 is 0 Å². The zero-order chi connectivity index (χ0) is 28.2. The molecule has 0 atom stereocenters. The van der Waals surface area contributed by atoms with Crippen molar-refractivity contribution in [1.82, 2.24) is 9.78 Å². The van der Waals surface area contributed by atoms with Gasteiger partial charge >= 0.3 is 0 Å². The molecule has 0 unspecified atom stereocenters. The van der Waals surface area contributed by atoms with E-state index in [1.807, 2.05) is 6.07 Å². The van der Waals surface area contributed by atoms with Crippen LogP contribution in [-0.2, 0) is 12.7 Å². The number of nitrogens with zero attached hydrogens (tertiary/aromatic N) is 2. The van der Waals surface area contributed by atoms with Gasteiger partial charge in [-0.25, -0.2) is 0 Å². The van der Waals surface area contributed by atoms with Crippen molar-refractivity contribution in [3.63, 3.8) is 0 Å². The van der Waals surface area contributed by atoms with E-state index in [0.29, 0.717) is 6.54 Å². The van der Waals surface area contributed by atoms with Crippen LogP contribution in [0.2, 0.25) is 5.02 Å². The number of halogens is 1. The summed E-state index contributed by atoms with van der Waals surface area (Å²) in [6.07, 6.45) is 0.825. The number of aromatic nitrogens is 2. The number of benzene rings is 5. The van der Waals surface area contributed by atoms with Crippen LogP contribution in [-0.4, -0.2) is 9.78 Å². The van der Waals surface area contributed by atoms with Gasteiger partial charge in [0.05, 0.1) is 12.2 Å². The minimum absolute atomic E-state index is 0.699.